The van der Waals surface area contributed by atoms with Gasteiger partial charge in [0.25, 0.3) is 0 Å². The molecule has 7 heteroatoms. The number of hydrogen-bond donors (Lipinski definition) is 2. The van der Waals surface area contributed by atoms with Gasteiger partial charge in [-0.05, 0) is 6.42 Å². The molecule has 2 atom stereocenters. The van der Waals surface area contributed by atoms with E-state index in [1.807, 2.05) is 0 Å². The van der Waals surface area contributed by atoms with Gasteiger partial charge in [-0.2, -0.15) is 0 Å². The van der Waals surface area contributed by atoms with Gasteiger partial charge < -0.3 is 20.1 Å². The Morgan fingerprint density at radius 3 is 2.89 bits per heavy atom. The third kappa shape index (κ3) is 2.79. The quantitative estimate of drug-likeness (QED) is 0.673. The van der Waals surface area contributed by atoms with Gasteiger partial charge in [0.15, 0.2) is 0 Å². The molecule has 0 aromatic carbocycles. The summed E-state index contributed by atoms with van der Waals surface area (Å²) in [6.07, 6.45) is 0.700. The van der Waals surface area contributed by atoms with Gasteiger partial charge in [0.05, 0.1) is 25.7 Å². The number of carboxylic acids is 1. The Morgan fingerprint density at radius 1 is 1.50 bits per heavy atom. The number of carbonyl (C=O) groups excluding carboxylic acids is 2. The van der Waals surface area contributed by atoms with Crippen LogP contribution in [0, 0.1) is 0 Å². The van der Waals surface area contributed by atoms with Gasteiger partial charge >= 0.3 is 5.97 Å². The number of hydrogen-bond acceptors (Lipinski definition) is 4. The van der Waals surface area contributed by atoms with Crippen molar-refractivity contribution in [2.45, 2.75) is 31.3 Å². The lowest BCUT2D eigenvalue weighted by Gasteiger charge is -2.36. The largest absolute Gasteiger partial charge is 0.481 e. The molecule has 18 heavy (non-hydrogen) atoms. The van der Waals surface area contributed by atoms with E-state index >= 15 is 0 Å². The molecule has 2 amide bonds. The van der Waals surface area contributed by atoms with Crippen LogP contribution in [0.25, 0.3) is 0 Å². The van der Waals surface area contributed by atoms with E-state index in [0.29, 0.717) is 26.0 Å². The first-order chi connectivity index (χ1) is 8.58. The minimum absolute atomic E-state index is 0.128. The molecule has 2 saturated heterocycles. The van der Waals surface area contributed by atoms with Crippen molar-refractivity contribution in [2.75, 3.05) is 19.8 Å². The first-order valence-corrected chi connectivity index (χ1v) is 5.97. The maximum atomic E-state index is 12.2. The number of carboxylic acid groups (broad SMARTS) is 1. The van der Waals surface area contributed by atoms with E-state index in [4.69, 9.17) is 9.84 Å². The van der Waals surface area contributed by atoms with E-state index in [1.165, 1.54) is 4.90 Å². The fourth-order valence-corrected chi connectivity index (χ4v) is 2.32. The van der Waals surface area contributed by atoms with Crippen molar-refractivity contribution in [1.82, 2.24) is 10.2 Å². The van der Waals surface area contributed by atoms with Gasteiger partial charge in [-0.15, -0.1) is 0 Å². The zero-order valence-corrected chi connectivity index (χ0v) is 9.92. The molecule has 0 saturated carbocycles. The van der Waals surface area contributed by atoms with Gasteiger partial charge in [-0.3, -0.25) is 14.4 Å². The van der Waals surface area contributed by atoms with E-state index in [0.717, 1.165) is 0 Å². The molecule has 7 nitrogen and oxygen atoms in total. The van der Waals surface area contributed by atoms with Crippen molar-refractivity contribution in [3.8, 4) is 0 Å². The van der Waals surface area contributed by atoms with Gasteiger partial charge in [-0.1, -0.05) is 0 Å². The summed E-state index contributed by atoms with van der Waals surface area (Å²) in [6, 6.07) is -0.951. The van der Waals surface area contributed by atoms with Crippen LogP contribution in [0.15, 0.2) is 0 Å². The molecule has 2 heterocycles. The van der Waals surface area contributed by atoms with E-state index in [9.17, 15) is 14.4 Å². The van der Waals surface area contributed by atoms with Crippen molar-refractivity contribution in [2.24, 2.45) is 0 Å². The molecule has 2 fully saturated rings. The zero-order valence-electron chi connectivity index (χ0n) is 9.92. The fraction of sp³-hybridized carbons (Fsp3) is 0.727. The molecule has 0 radical (unpaired) electrons. The fourth-order valence-electron chi connectivity index (χ4n) is 2.32. The smallest absolute Gasteiger partial charge is 0.305 e. The molecule has 2 N–H and O–H groups in total. The van der Waals surface area contributed by atoms with Crippen LogP contribution in [0.1, 0.15) is 19.3 Å². The van der Waals surface area contributed by atoms with E-state index < -0.39 is 18.1 Å². The average molecular weight is 256 g/mol. The number of nitrogens with one attached hydrogen (secondary N) is 1. The summed E-state index contributed by atoms with van der Waals surface area (Å²) in [5.41, 5.74) is 0. The number of nitrogens with zero attached hydrogens (tertiary/aromatic N) is 1. The lowest BCUT2D eigenvalue weighted by atomic mass is 10.1. The van der Waals surface area contributed by atoms with Crippen LogP contribution in [-0.2, 0) is 19.1 Å². The highest BCUT2D eigenvalue weighted by atomic mass is 16.5. The Labute approximate surface area is 104 Å². The molecule has 2 aliphatic rings. The molecule has 0 spiro atoms. The predicted molar refractivity (Wildman–Crippen MR) is 59.7 cm³/mol. The van der Waals surface area contributed by atoms with Crippen LogP contribution in [-0.4, -0.2) is 59.6 Å². The molecule has 0 aromatic rings. The monoisotopic (exact) mass is 256 g/mol. The number of rotatable bonds is 3. The maximum Gasteiger partial charge on any atom is 0.305 e. The Morgan fingerprint density at radius 2 is 2.28 bits per heavy atom. The molecule has 0 bridgehead atoms. The highest BCUT2D eigenvalue weighted by Gasteiger charge is 2.36. The summed E-state index contributed by atoms with van der Waals surface area (Å²) in [6.45, 7) is 1.02. The van der Waals surface area contributed by atoms with Crippen LogP contribution in [0.5, 0.6) is 0 Å². The Balaban J connectivity index is 2.01. The minimum Gasteiger partial charge on any atom is -0.481 e. The van der Waals surface area contributed by atoms with Crippen LogP contribution < -0.4 is 5.32 Å². The first-order valence-electron chi connectivity index (χ1n) is 5.97. The Kier molecular flexibility index (Phi) is 3.81. The third-order valence-corrected chi connectivity index (χ3v) is 3.21. The molecular formula is C11H16N2O5. The molecule has 100 valence electrons. The van der Waals surface area contributed by atoms with Crippen molar-refractivity contribution in [3.63, 3.8) is 0 Å². The van der Waals surface area contributed by atoms with Gasteiger partial charge in [0.1, 0.15) is 6.04 Å². The highest BCUT2D eigenvalue weighted by molar-refractivity contribution is 5.91. The summed E-state index contributed by atoms with van der Waals surface area (Å²) in [5, 5.41) is 11.4. The van der Waals surface area contributed by atoms with E-state index in [2.05, 4.69) is 5.32 Å². The summed E-state index contributed by atoms with van der Waals surface area (Å²) < 4.78 is 5.20. The molecule has 0 aliphatic carbocycles. The molecule has 2 unspecified atom stereocenters. The second kappa shape index (κ2) is 5.34. The van der Waals surface area contributed by atoms with Crippen molar-refractivity contribution >= 4 is 17.8 Å². The molecule has 2 aliphatic heterocycles. The van der Waals surface area contributed by atoms with Crippen molar-refractivity contribution < 1.29 is 24.2 Å². The van der Waals surface area contributed by atoms with Crippen LogP contribution >= 0.6 is 0 Å². The van der Waals surface area contributed by atoms with Crippen molar-refractivity contribution in [3.05, 3.63) is 0 Å². The Bertz CT molecular complexity index is 370. The van der Waals surface area contributed by atoms with E-state index in [-0.39, 0.29) is 24.8 Å². The summed E-state index contributed by atoms with van der Waals surface area (Å²) in [5.74, 6) is -1.29. The number of amides is 2. The molecule has 0 aromatic heterocycles. The zero-order chi connectivity index (χ0) is 13.1. The van der Waals surface area contributed by atoms with Gasteiger partial charge in [-0.25, -0.2) is 0 Å². The Hall–Kier alpha value is -1.63. The van der Waals surface area contributed by atoms with Gasteiger partial charge in [0.2, 0.25) is 11.8 Å². The lowest BCUT2D eigenvalue weighted by Crippen LogP contribution is -2.54. The second-order valence-corrected chi connectivity index (χ2v) is 4.52. The lowest BCUT2D eigenvalue weighted by molar-refractivity contribution is -0.148. The number of carbonyl (C=O) groups is 3. The number of morpholine rings is 1. The minimum atomic E-state index is -0.959. The number of aliphatic carboxylic acids is 1. The molecule has 2 rings (SSSR count). The van der Waals surface area contributed by atoms with Crippen LogP contribution in [0.3, 0.4) is 0 Å². The predicted octanol–water partition coefficient (Wildman–Crippen LogP) is -1.03. The second-order valence-electron chi connectivity index (χ2n) is 4.52. The highest BCUT2D eigenvalue weighted by Crippen LogP contribution is 2.16. The van der Waals surface area contributed by atoms with Crippen LogP contribution in [0.2, 0.25) is 0 Å². The third-order valence-electron chi connectivity index (χ3n) is 3.21. The average Bonchev–Trinajstić information content (AvgIpc) is 2.75. The summed E-state index contributed by atoms with van der Waals surface area (Å²) in [7, 11) is 0. The topological polar surface area (TPSA) is 95.9 Å². The SMILES string of the molecule is O=C(O)CC1COCCN1C(=O)C1CCC(=O)N1. The number of ether oxygens (including phenoxy) is 1. The van der Waals surface area contributed by atoms with E-state index in [1.54, 1.807) is 0 Å². The summed E-state index contributed by atoms with van der Waals surface area (Å²) in [4.78, 5) is 35.6. The summed E-state index contributed by atoms with van der Waals surface area (Å²) >= 11 is 0. The standard InChI is InChI=1S/C11H16N2O5/c14-9-2-1-8(12-9)11(17)13-3-4-18-6-7(13)5-10(15)16/h7-8H,1-6H2,(H,12,14)(H,15,16). The maximum absolute atomic E-state index is 12.2. The normalized spacial score (nSPS) is 28.0. The van der Waals surface area contributed by atoms with Crippen molar-refractivity contribution in [1.29, 1.82) is 0 Å². The molecular weight excluding hydrogens is 240 g/mol. The van der Waals surface area contributed by atoms with Crippen LogP contribution in [0.4, 0.5) is 0 Å². The van der Waals surface area contributed by atoms with Gasteiger partial charge in [0, 0.05) is 13.0 Å². The first kappa shape index (κ1) is 12.8.